The lowest BCUT2D eigenvalue weighted by atomic mass is 9.81. The standard InChI is InChI=1S/C51H34O/c1-51(2)46-18-9-8-15-41(46)44-28-33-19-20-34(27-35(33)30-47(44)51)36-22-23-39(38-14-7-6-13-37(36)38)40-24-26-49-50-42(40)16-10-17-43(50)45-29-32(21-25-48(45)52-49)31-11-4-3-5-12-31/h3-30H,1-2H3. The molecule has 0 radical (unpaired) electrons. The third-order valence-corrected chi connectivity index (χ3v) is 11.7. The van der Waals surface area contributed by atoms with Crippen molar-refractivity contribution in [3.8, 4) is 67.1 Å². The molecule has 9 aromatic carbocycles. The quantitative estimate of drug-likeness (QED) is 0.183. The molecule has 1 nitrogen and oxygen atoms in total. The average Bonchev–Trinajstić information content (AvgIpc) is 3.42. The second kappa shape index (κ2) is 10.8. The van der Waals surface area contributed by atoms with Crippen LogP contribution in [0.4, 0.5) is 0 Å². The van der Waals surface area contributed by atoms with E-state index >= 15 is 0 Å². The molecule has 52 heavy (non-hydrogen) atoms. The van der Waals surface area contributed by atoms with Gasteiger partial charge in [-0.2, -0.15) is 0 Å². The van der Waals surface area contributed by atoms with E-state index in [4.69, 9.17) is 4.74 Å². The molecule has 244 valence electrons. The second-order valence-corrected chi connectivity index (χ2v) is 14.9. The van der Waals surface area contributed by atoms with Gasteiger partial charge >= 0.3 is 0 Å². The Hall–Kier alpha value is -6.44. The van der Waals surface area contributed by atoms with Gasteiger partial charge in [-0.25, -0.2) is 0 Å². The maximum Gasteiger partial charge on any atom is 0.135 e. The molecule has 1 heterocycles. The van der Waals surface area contributed by atoms with Crippen molar-refractivity contribution >= 4 is 32.3 Å². The van der Waals surface area contributed by atoms with Gasteiger partial charge in [0.15, 0.2) is 0 Å². The Morgan fingerprint density at radius 1 is 0.346 bits per heavy atom. The summed E-state index contributed by atoms with van der Waals surface area (Å²) >= 11 is 0. The summed E-state index contributed by atoms with van der Waals surface area (Å²) in [6.45, 7) is 4.71. The molecule has 11 rings (SSSR count). The van der Waals surface area contributed by atoms with Crippen molar-refractivity contribution < 1.29 is 4.74 Å². The first-order chi connectivity index (χ1) is 25.5. The molecular formula is C51H34O. The third kappa shape index (κ3) is 4.17. The Morgan fingerprint density at radius 2 is 1.02 bits per heavy atom. The van der Waals surface area contributed by atoms with Crippen molar-refractivity contribution in [3.05, 3.63) is 181 Å². The van der Waals surface area contributed by atoms with Gasteiger partial charge in [-0.3, -0.25) is 0 Å². The van der Waals surface area contributed by atoms with E-state index in [0.29, 0.717) is 0 Å². The molecule has 0 aromatic heterocycles. The van der Waals surface area contributed by atoms with E-state index in [2.05, 4.69) is 184 Å². The smallest absolute Gasteiger partial charge is 0.135 e. The van der Waals surface area contributed by atoms with Crippen LogP contribution in [-0.2, 0) is 5.41 Å². The highest BCUT2D eigenvalue weighted by atomic mass is 16.5. The number of rotatable bonds is 3. The summed E-state index contributed by atoms with van der Waals surface area (Å²) in [6.07, 6.45) is 0. The molecule has 2 aliphatic rings. The van der Waals surface area contributed by atoms with Gasteiger partial charge in [0.05, 0.1) is 0 Å². The number of hydrogen-bond acceptors (Lipinski definition) is 1. The van der Waals surface area contributed by atoms with Crippen LogP contribution < -0.4 is 4.74 Å². The Bertz CT molecular complexity index is 2950. The summed E-state index contributed by atoms with van der Waals surface area (Å²) in [5.41, 5.74) is 15.2. The van der Waals surface area contributed by atoms with Gasteiger partial charge in [0.1, 0.15) is 11.5 Å². The lowest BCUT2D eigenvalue weighted by Crippen LogP contribution is -2.14. The third-order valence-electron chi connectivity index (χ3n) is 11.7. The van der Waals surface area contributed by atoms with Crippen molar-refractivity contribution in [2.75, 3.05) is 0 Å². The lowest BCUT2D eigenvalue weighted by molar-refractivity contribution is 0.487. The van der Waals surface area contributed by atoms with E-state index in [1.54, 1.807) is 0 Å². The van der Waals surface area contributed by atoms with Gasteiger partial charge in [0.2, 0.25) is 0 Å². The van der Waals surface area contributed by atoms with Crippen molar-refractivity contribution in [1.82, 2.24) is 0 Å². The minimum atomic E-state index is -0.0274. The van der Waals surface area contributed by atoms with E-state index in [-0.39, 0.29) is 5.41 Å². The lowest BCUT2D eigenvalue weighted by Gasteiger charge is -2.23. The first-order valence-electron chi connectivity index (χ1n) is 18.2. The maximum absolute atomic E-state index is 6.59. The van der Waals surface area contributed by atoms with Crippen LogP contribution in [0.2, 0.25) is 0 Å². The predicted molar refractivity (Wildman–Crippen MR) is 218 cm³/mol. The highest BCUT2D eigenvalue weighted by Gasteiger charge is 2.35. The van der Waals surface area contributed by atoms with E-state index in [9.17, 15) is 0 Å². The zero-order valence-electron chi connectivity index (χ0n) is 29.1. The SMILES string of the molecule is CC1(C)c2ccccc2-c2cc3ccc(-c4ccc(-c5ccc6c7c(cccc57)-c5cc(-c7ccccc7)ccc5O6)c5ccccc45)cc3cc21. The van der Waals surface area contributed by atoms with Gasteiger partial charge in [0.25, 0.3) is 0 Å². The fourth-order valence-electron chi connectivity index (χ4n) is 9.08. The molecule has 0 amide bonds. The molecule has 0 spiro atoms. The number of hydrogen-bond donors (Lipinski definition) is 0. The normalized spacial score (nSPS) is 13.5. The highest BCUT2D eigenvalue weighted by molar-refractivity contribution is 6.15. The molecule has 0 unspecified atom stereocenters. The molecule has 1 heteroatoms. The minimum absolute atomic E-state index is 0.0274. The first kappa shape index (κ1) is 29.3. The molecule has 0 fully saturated rings. The van der Waals surface area contributed by atoms with Crippen LogP contribution in [0.15, 0.2) is 170 Å². The fraction of sp³-hybridized carbons (Fsp3) is 0.0588. The average molecular weight is 663 g/mol. The summed E-state index contributed by atoms with van der Waals surface area (Å²) in [4.78, 5) is 0. The van der Waals surface area contributed by atoms with E-state index in [1.807, 2.05) is 0 Å². The largest absolute Gasteiger partial charge is 0.456 e. The monoisotopic (exact) mass is 662 g/mol. The Kier molecular flexibility index (Phi) is 6.08. The summed E-state index contributed by atoms with van der Waals surface area (Å²) < 4.78 is 6.59. The zero-order valence-corrected chi connectivity index (χ0v) is 29.1. The Balaban J connectivity index is 1.05. The molecule has 1 aliphatic carbocycles. The summed E-state index contributed by atoms with van der Waals surface area (Å²) in [6, 6.07) is 62.4. The van der Waals surface area contributed by atoms with E-state index in [0.717, 1.165) is 22.4 Å². The second-order valence-electron chi connectivity index (χ2n) is 14.9. The zero-order chi connectivity index (χ0) is 34.6. The van der Waals surface area contributed by atoms with Crippen LogP contribution in [0, 0.1) is 0 Å². The van der Waals surface area contributed by atoms with Gasteiger partial charge in [0, 0.05) is 16.4 Å². The van der Waals surface area contributed by atoms with Gasteiger partial charge in [-0.15, -0.1) is 0 Å². The first-order valence-corrected chi connectivity index (χ1v) is 18.2. The molecule has 0 atom stereocenters. The summed E-state index contributed by atoms with van der Waals surface area (Å²) in [5, 5.41) is 7.42. The summed E-state index contributed by atoms with van der Waals surface area (Å²) in [7, 11) is 0. The molecule has 9 aromatic rings. The molecule has 1 aliphatic heterocycles. The predicted octanol–water partition coefficient (Wildman–Crippen LogP) is 14.2. The number of fused-ring (bicyclic) bond motifs is 7. The molecule has 0 bridgehead atoms. The highest BCUT2D eigenvalue weighted by Crippen LogP contribution is 2.52. The van der Waals surface area contributed by atoms with E-state index in [1.165, 1.54) is 88.1 Å². The Morgan fingerprint density at radius 3 is 1.90 bits per heavy atom. The summed E-state index contributed by atoms with van der Waals surface area (Å²) in [5.74, 6) is 1.81. The van der Waals surface area contributed by atoms with Crippen LogP contribution in [0.25, 0.3) is 88.0 Å². The van der Waals surface area contributed by atoms with Crippen LogP contribution in [0.3, 0.4) is 0 Å². The van der Waals surface area contributed by atoms with Gasteiger partial charge < -0.3 is 4.74 Å². The topological polar surface area (TPSA) is 9.23 Å². The van der Waals surface area contributed by atoms with Crippen LogP contribution in [0.1, 0.15) is 25.0 Å². The number of benzene rings is 9. The van der Waals surface area contributed by atoms with Crippen molar-refractivity contribution in [3.63, 3.8) is 0 Å². The van der Waals surface area contributed by atoms with Crippen molar-refractivity contribution in [1.29, 1.82) is 0 Å². The minimum Gasteiger partial charge on any atom is -0.456 e. The fourth-order valence-corrected chi connectivity index (χ4v) is 9.08. The van der Waals surface area contributed by atoms with Crippen molar-refractivity contribution in [2.24, 2.45) is 0 Å². The number of ether oxygens (including phenoxy) is 1. The van der Waals surface area contributed by atoms with Crippen LogP contribution in [-0.4, -0.2) is 0 Å². The molecule has 0 N–H and O–H groups in total. The van der Waals surface area contributed by atoms with E-state index < -0.39 is 0 Å². The maximum atomic E-state index is 6.59. The molecular weight excluding hydrogens is 629 g/mol. The molecule has 0 saturated heterocycles. The Labute approximate surface area is 303 Å². The van der Waals surface area contributed by atoms with Crippen LogP contribution >= 0.6 is 0 Å². The van der Waals surface area contributed by atoms with Crippen LogP contribution in [0.5, 0.6) is 11.5 Å². The van der Waals surface area contributed by atoms with Gasteiger partial charge in [-0.05, 0) is 125 Å². The van der Waals surface area contributed by atoms with Crippen molar-refractivity contribution in [2.45, 2.75) is 19.3 Å². The van der Waals surface area contributed by atoms with Gasteiger partial charge in [-0.1, -0.05) is 147 Å². The molecule has 0 saturated carbocycles.